The van der Waals surface area contributed by atoms with Crippen molar-refractivity contribution < 1.29 is 4.39 Å². The van der Waals surface area contributed by atoms with Gasteiger partial charge < -0.3 is 5.32 Å². The molecule has 0 aliphatic heterocycles. The van der Waals surface area contributed by atoms with E-state index in [1.807, 2.05) is 19.1 Å². The quantitative estimate of drug-likeness (QED) is 0.801. The van der Waals surface area contributed by atoms with Crippen molar-refractivity contribution in [1.82, 2.24) is 5.32 Å². The van der Waals surface area contributed by atoms with E-state index < -0.39 is 0 Å². The van der Waals surface area contributed by atoms with Crippen molar-refractivity contribution in [2.45, 2.75) is 39.2 Å². The number of hydrogen-bond donors (Lipinski definition) is 1. The van der Waals surface area contributed by atoms with Crippen molar-refractivity contribution in [3.63, 3.8) is 0 Å². The minimum absolute atomic E-state index is 0.106. The summed E-state index contributed by atoms with van der Waals surface area (Å²) in [5.41, 5.74) is 1.98. The van der Waals surface area contributed by atoms with E-state index in [1.165, 1.54) is 24.8 Å². The molecule has 1 aromatic rings. The molecular formula is C14H20FN. The Bertz CT molecular complexity index is 358. The predicted molar refractivity (Wildman–Crippen MR) is 64.9 cm³/mol. The zero-order chi connectivity index (χ0) is 11.5. The highest BCUT2D eigenvalue weighted by Gasteiger charge is 2.25. The molecule has 0 bridgehead atoms. The van der Waals surface area contributed by atoms with Crippen LogP contribution in [0.3, 0.4) is 0 Å². The van der Waals surface area contributed by atoms with E-state index in [2.05, 4.69) is 12.2 Å². The number of hydrogen-bond acceptors (Lipinski definition) is 1. The van der Waals surface area contributed by atoms with Crippen LogP contribution < -0.4 is 5.32 Å². The van der Waals surface area contributed by atoms with Gasteiger partial charge in [-0.25, -0.2) is 4.39 Å². The summed E-state index contributed by atoms with van der Waals surface area (Å²) in [6, 6.07) is 5.88. The summed E-state index contributed by atoms with van der Waals surface area (Å²) in [4.78, 5) is 0. The van der Waals surface area contributed by atoms with Crippen LogP contribution in [0.5, 0.6) is 0 Å². The summed E-state index contributed by atoms with van der Waals surface area (Å²) in [6.07, 6.45) is 3.92. The van der Waals surface area contributed by atoms with Crippen LogP contribution in [0.2, 0.25) is 0 Å². The van der Waals surface area contributed by atoms with E-state index >= 15 is 0 Å². The highest BCUT2D eigenvalue weighted by Crippen LogP contribution is 2.37. The summed E-state index contributed by atoms with van der Waals surface area (Å²) in [5.74, 6) is 0.778. The molecule has 0 saturated heterocycles. The largest absolute Gasteiger partial charge is 0.310 e. The molecule has 16 heavy (non-hydrogen) atoms. The van der Waals surface area contributed by atoms with Gasteiger partial charge in [0.1, 0.15) is 5.82 Å². The molecule has 1 fully saturated rings. The third-order valence-corrected chi connectivity index (χ3v) is 3.30. The molecule has 1 aliphatic rings. The molecule has 1 atom stereocenters. The number of halogens is 1. The normalized spacial score (nSPS) is 17.4. The van der Waals surface area contributed by atoms with Crippen LogP contribution in [-0.2, 0) is 0 Å². The Hall–Kier alpha value is -0.890. The smallest absolute Gasteiger partial charge is 0.126 e. The van der Waals surface area contributed by atoms with Gasteiger partial charge in [0, 0.05) is 6.04 Å². The van der Waals surface area contributed by atoms with Gasteiger partial charge in [0.05, 0.1) is 0 Å². The lowest BCUT2D eigenvalue weighted by atomic mass is 9.99. The Kier molecular flexibility index (Phi) is 3.59. The molecule has 0 amide bonds. The zero-order valence-corrected chi connectivity index (χ0v) is 10.1. The van der Waals surface area contributed by atoms with Gasteiger partial charge in [0.25, 0.3) is 0 Å². The number of benzene rings is 1. The van der Waals surface area contributed by atoms with E-state index in [9.17, 15) is 4.39 Å². The average Bonchev–Trinajstić information content (AvgIpc) is 3.05. The van der Waals surface area contributed by atoms with Crippen molar-refractivity contribution in [3.8, 4) is 0 Å². The maximum atomic E-state index is 13.2. The van der Waals surface area contributed by atoms with Crippen molar-refractivity contribution in [1.29, 1.82) is 0 Å². The van der Waals surface area contributed by atoms with Gasteiger partial charge in [-0.1, -0.05) is 31.9 Å². The molecule has 2 heteroatoms. The standard InChI is InChI=1S/C14H20FN/c1-3-16-14(9-11-4-5-11)12-6-7-13(15)10(2)8-12/h6-8,11,14,16H,3-5,9H2,1-2H3. The van der Waals surface area contributed by atoms with E-state index in [0.29, 0.717) is 6.04 Å². The maximum absolute atomic E-state index is 13.2. The van der Waals surface area contributed by atoms with Gasteiger partial charge in [0.15, 0.2) is 0 Å². The van der Waals surface area contributed by atoms with E-state index in [0.717, 1.165) is 18.0 Å². The second kappa shape index (κ2) is 4.96. The van der Waals surface area contributed by atoms with E-state index in [-0.39, 0.29) is 5.82 Å². The minimum Gasteiger partial charge on any atom is -0.310 e. The molecular weight excluding hydrogens is 201 g/mol. The monoisotopic (exact) mass is 221 g/mol. The molecule has 1 aliphatic carbocycles. The van der Waals surface area contributed by atoms with Crippen molar-refractivity contribution in [2.75, 3.05) is 6.54 Å². The van der Waals surface area contributed by atoms with Crippen LogP contribution in [0.4, 0.5) is 4.39 Å². The van der Waals surface area contributed by atoms with Crippen LogP contribution in [0.1, 0.15) is 43.4 Å². The van der Waals surface area contributed by atoms with Crippen molar-refractivity contribution >= 4 is 0 Å². The Morgan fingerprint density at radius 3 is 2.75 bits per heavy atom. The SMILES string of the molecule is CCNC(CC1CC1)c1ccc(F)c(C)c1. The molecule has 1 nitrogen and oxygen atoms in total. The Balaban J connectivity index is 2.12. The number of nitrogens with one attached hydrogen (secondary N) is 1. The fraction of sp³-hybridized carbons (Fsp3) is 0.571. The van der Waals surface area contributed by atoms with Crippen LogP contribution in [0.15, 0.2) is 18.2 Å². The lowest BCUT2D eigenvalue weighted by Crippen LogP contribution is -2.21. The summed E-state index contributed by atoms with van der Waals surface area (Å²) in [5, 5.41) is 3.49. The second-order valence-corrected chi connectivity index (χ2v) is 4.80. The van der Waals surface area contributed by atoms with Gasteiger partial charge in [-0.05, 0) is 43.0 Å². The van der Waals surface area contributed by atoms with Crippen LogP contribution in [-0.4, -0.2) is 6.54 Å². The fourth-order valence-corrected chi connectivity index (χ4v) is 2.16. The Labute approximate surface area is 97.1 Å². The topological polar surface area (TPSA) is 12.0 Å². The fourth-order valence-electron chi connectivity index (χ4n) is 2.16. The first kappa shape index (κ1) is 11.6. The molecule has 1 aromatic carbocycles. The average molecular weight is 221 g/mol. The molecule has 0 aromatic heterocycles. The zero-order valence-electron chi connectivity index (χ0n) is 10.1. The molecule has 0 radical (unpaired) electrons. The third-order valence-electron chi connectivity index (χ3n) is 3.30. The van der Waals surface area contributed by atoms with E-state index in [1.54, 1.807) is 6.07 Å². The first-order valence-corrected chi connectivity index (χ1v) is 6.20. The molecule has 1 N–H and O–H groups in total. The van der Waals surface area contributed by atoms with Gasteiger partial charge >= 0.3 is 0 Å². The Morgan fingerprint density at radius 2 is 2.19 bits per heavy atom. The predicted octanol–water partition coefficient (Wildman–Crippen LogP) is 3.58. The van der Waals surface area contributed by atoms with Gasteiger partial charge in [-0.2, -0.15) is 0 Å². The molecule has 1 saturated carbocycles. The summed E-state index contributed by atoms with van der Waals surface area (Å²) < 4.78 is 13.2. The van der Waals surface area contributed by atoms with Crippen LogP contribution in [0, 0.1) is 18.7 Å². The summed E-state index contributed by atoms with van der Waals surface area (Å²) in [7, 11) is 0. The van der Waals surface area contributed by atoms with Gasteiger partial charge in [0.2, 0.25) is 0 Å². The van der Waals surface area contributed by atoms with Gasteiger partial charge in [-0.3, -0.25) is 0 Å². The number of aryl methyl sites for hydroxylation is 1. The van der Waals surface area contributed by atoms with Crippen molar-refractivity contribution in [2.24, 2.45) is 5.92 Å². The lowest BCUT2D eigenvalue weighted by Gasteiger charge is -2.18. The molecule has 0 spiro atoms. The highest BCUT2D eigenvalue weighted by atomic mass is 19.1. The third kappa shape index (κ3) is 2.82. The van der Waals surface area contributed by atoms with Crippen LogP contribution >= 0.6 is 0 Å². The molecule has 88 valence electrons. The lowest BCUT2D eigenvalue weighted by molar-refractivity contribution is 0.485. The minimum atomic E-state index is -0.106. The highest BCUT2D eigenvalue weighted by molar-refractivity contribution is 5.26. The Morgan fingerprint density at radius 1 is 1.44 bits per heavy atom. The molecule has 0 heterocycles. The van der Waals surface area contributed by atoms with Crippen LogP contribution in [0.25, 0.3) is 0 Å². The van der Waals surface area contributed by atoms with Crippen molar-refractivity contribution in [3.05, 3.63) is 35.1 Å². The van der Waals surface area contributed by atoms with Gasteiger partial charge in [-0.15, -0.1) is 0 Å². The maximum Gasteiger partial charge on any atom is 0.126 e. The molecule has 2 rings (SSSR count). The first-order valence-electron chi connectivity index (χ1n) is 6.20. The summed E-state index contributed by atoms with van der Waals surface area (Å²) in [6.45, 7) is 4.92. The molecule has 1 unspecified atom stereocenters. The second-order valence-electron chi connectivity index (χ2n) is 4.80. The number of rotatable bonds is 5. The van der Waals surface area contributed by atoms with E-state index in [4.69, 9.17) is 0 Å². The first-order chi connectivity index (χ1) is 7.70. The summed E-state index contributed by atoms with van der Waals surface area (Å²) >= 11 is 0.